The number of hydrogen-bond acceptors (Lipinski definition) is 14. The van der Waals surface area contributed by atoms with Crippen LogP contribution >= 0.6 is 45.1 Å². The molecule has 4 rings (SSSR count). The number of para-hydroxylation sites is 2. The molecule has 4 atom stereocenters. The van der Waals surface area contributed by atoms with E-state index in [9.17, 15) is 39.0 Å². The van der Waals surface area contributed by atoms with E-state index < -0.39 is 46.7 Å². The fourth-order valence-electron chi connectivity index (χ4n) is 5.07. The van der Waals surface area contributed by atoms with Crippen LogP contribution in [0.2, 0.25) is 0 Å². The zero-order chi connectivity index (χ0) is 33.4. The highest BCUT2D eigenvalue weighted by Crippen LogP contribution is 2.46. The topological polar surface area (TPSA) is 168 Å². The summed E-state index contributed by atoms with van der Waals surface area (Å²) in [4.78, 5) is 76.2. The maximum Gasteiger partial charge on any atom is 0.321 e. The van der Waals surface area contributed by atoms with E-state index in [0.29, 0.717) is 22.6 Å². The van der Waals surface area contributed by atoms with Crippen LogP contribution in [0.25, 0.3) is 0 Å². The Hall–Kier alpha value is -3.02. The molecule has 2 fully saturated rings. The van der Waals surface area contributed by atoms with Crippen molar-refractivity contribution in [3.8, 4) is 11.5 Å². The van der Waals surface area contributed by atoms with E-state index in [2.05, 4.69) is 0 Å². The lowest BCUT2D eigenvalue weighted by atomic mass is 10.1. The highest BCUT2D eigenvalue weighted by atomic mass is 33.1. The number of carbonyl (C=O) groups excluding carboxylic acids is 4. The monoisotopic (exact) mass is 708 g/mol. The van der Waals surface area contributed by atoms with Crippen molar-refractivity contribution in [2.45, 2.75) is 49.5 Å². The molecule has 12 nitrogen and oxygen atoms in total. The van der Waals surface area contributed by atoms with Gasteiger partial charge in [0.2, 0.25) is 10.2 Å². The number of carbonyl (C=O) groups is 6. The Balaban J connectivity index is 1.34. The molecular weight excluding hydrogens is 677 g/mol. The van der Waals surface area contributed by atoms with Crippen LogP contribution in [-0.4, -0.2) is 90.8 Å². The van der Waals surface area contributed by atoms with Crippen LogP contribution in [0.15, 0.2) is 48.5 Å². The summed E-state index contributed by atoms with van der Waals surface area (Å²) in [7, 11) is 1.53. The second kappa shape index (κ2) is 16.7. The summed E-state index contributed by atoms with van der Waals surface area (Å²) in [5.74, 6) is -1.86. The van der Waals surface area contributed by atoms with Crippen molar-refractivity contribution >= 4 is 79.2 Å². The smallest absolute Gasteiger partial charge is 0.321 e. The molecule has 46 heavy (non-hydrogen) atoms. The molecule has 0 bridgehead atoms. The molecule has 0 saturated carbocycles. The van der Waals surface area contributed by atoms with Crippen molar-refractivity contribution in [1.82, 2.24) is 9.80 Å². The lowest BCUT2D eigenvalue weighted by Crippen LogP contribution is -2.40. The van der Waals surface area contributed by atoms with Crippen LogP contribution < -0.4 is 9.47 Å². The Morgan fingerprint density at radius 1 is 0.696 bits per heavy atom. The molecule has 2 aliphatic heterocycles. The van der Waals surface area contributed by atoms with E-state index in [4.69, 9.17) is 9.47 Å². The molecule has 2 aromatic rings. The van der Waals surface area contributed by atoms with Crippen LogP contribution in [0.4, 0.5) is 0 Å². The number of nitrogens with zero attached hydrogens (tertiary/aromatic N) is 2. The Morgan fingerprint density at radius 2 is 1.07 bits per heavy atom. The minimum absolute atomic E-state index is 0.0274. The van der Waals surface area contributed by atoms with Crippen molar-refractivity contribution in [3.63, 3.8) is 0 Å². The summed E-state index contributed by atoms with van der Waals surface area (Å²) in [6.45, 7) is 2.78. The number of hydrogen-bond donors (Lipinski definition) is 2. The molecule has 2 aliphatic rings. The van der Waals surface area contributed by atoms with Gasteiger partial charge in [0.05, 0.1) is 10.7 Å². The summed E-state index contributed by atoms with van der Waals surface area (Å²) >= 11 is 2.76. The van der Waals surface area contributed by atoms with Gasteiger partial charge in [-0.05, 0) is 33.7 Å². The SMILES string of the molecule is CC(=O)Oc1ccccc1C1SCC(C(=O)O)N1CCC(=O)SSC(=O)CCN1C(C(=O)O)CSC1c1ccccc1OC(C)=O. The Kier molecular flexibility index (Phi) is 13.0. The molecule has 0 amide bonds. The van der Waals surface area contributed by atoms with E-state index >= 15 is 0 Å². The molecular formula is C30H32N2O10S4. The lowest BCUT2D eigenvalue weighted by molar-refractivity contribution is -0.143. The van der Waals surface area contributed by atoms with Gasteiger partial charge in [0, 0.05) is 62.4 Å². The first kappa shape index (κ1) is 35.8. The fourth-order valence-corrected chi connectivity index (χ4v) is 9.69. The largest absolute Gasteiger partial charge is 0.480 e. The number of ether oxygens (including phenoxy) is 2. The van der Waals surface area contributed by atoms with Gasteiger partial charge in [0.1, 0.15) is 23.6 Å². The Labute approximate surface area is 281 Å². The number of thioether (sulfide) groups is 2. The van der Waals surface area contributed by atoms with Crippen LogP contribution in [0.1, 0.15) is 48.6 Å². The molecule has 2 N–H and O–H groups in total. The third-order valence-corrected chi connectivity index (χ3v) is 12.0. The van der Waals surface area contributed by atoms with Crippen LogP contribution in [0.5, 0.6) is 11.5 Å². The third-order valence-electron chi connectivity index (χ3n) is 7.05. The van der Waals surface area contributed by atoms with Crippen molar-refractivity contribution < 1.29 is 48.5 Å². The van der Waals surface area contributed by atoms with Crippen molar-refractivity contribution in [2.75, 3.05) is 24.6 Å². The summed E-state index contributed by atoms with van der Waals surface area (Å²) in [5, 5.41) is 18.1. The number of carboxylic acid groups (broad SMARTS) is 2. The standard InChI is InChI=1S/C30H32N2O10S4/c1-17(33)41-23-9-5-3-7-19(23)27-31(21(15-43-27)29(37)38)13-11-25(35)45-46-26(36)12-14-32-22(30(39)40)16-44-28(32)20-8-4-6-10-24(20)42-18(2)34/h3-10,21-22,27-28H,11-16H2,1-2H3,(H,37,38)(H,39,40). The van der Waals surface area contributed by atoms with Gasteiger partial charge in [0.15, 0.2) is 0 Å². The summed E-state index contributed by atoms with van der Waals surface area (Å²) in [6.07, 6.45) is -0.0548. The summed E-state index contributed by atoms with van der Waals surface area (Å²) < 4.78 is 10.7. The zero-order valence-corrected chi connectivity index (χ0v) is 28.1. The van der Waals surface area contributed by atoms with Crippen LogP contribution in [0, 0.1) is 0 Å². The normalized spacial score (nSPS) is 21.5. The van der Waals surface area contributed by atoms with Gasteiger partial charge in [-0.1, -0.05) is 36.4 Å². The predicted molar refractivity (Wildman–Crippen MR) is 177 cm³/mol. The lowest BCUT2D eigenvalue weighted by Gasteiger charge is -2.28. The van der Waals surface area contributed by atoms with Crippen molar-refractivity contribution in [3.05, 3.63) is 59.7 Å². The van der Waals surface area contributed by atoms with E-state index in [1.54, 1.807) is 58.3 Å². The minimum atomic E-state index is -1.03. The average molecular weight is 709 g/mol. The number of carboxylic acids is 2. The first-order valence-electron chi connectivity index (χ1n) is 14.1. The molecule has 4 unspecified atom stereocenters. The number of benzene rings is 2. The average Bonchev–Trinajstić information content (AvgIpc) is 3.62. The van der Waals surface area contributed by atoms with Crippen molar-refractivity contribution in [1.29, 1.82) is 0 Å². The molecule has 0 radical (unpaired) electrons. The second-order valence-electron chi connectivity index (χ2n) is 10.2. The molecule has 16 heteroatoms. The van der Waals surface area contributed by atoms with Gasteiger partial charge in [0.25, 0.3) is 0 Å². The molecule has 2 saturated heterocycles. The maximum absolute atomic E-state index is 12.8. The van der Waals surface area contributed by atoms with E-state index in [1.165, 1.54) is 37.4 Å². The maximum atomic E-state index is 12.8. The molecule has 0 aliphatic carbocycles. The highest BCUT2D eigenvalue weighted by Gasteiger charge is 2.42. The van der Waals surface area contributed by atoms with Gasteiger partial charge in [-0.3, -0.25) is 38.6 Å². The second-order valence-corrected chi connectivity index (χ2v) is 14.7. The highest BCUT2D eigenvalue weighted by molar-refractivity contribution is 8.87. The van der Waals surface area contributed by atoms with Gasteiger partial charge >= 0.3 is 23.9 Å². The van der Waals surface area contributed by atoms with E-state index in [0.717, 1.165) is 21.6 Å². The quantitative estimate of drug-likeness (QED) is 0.180. The molecule has 2 heterocycles. The van der Waals surface area contributed by atoms with Gasteiger partial charge in [-0.2, -0.15) is 0 Å². The van der Waals surface area contributed by atoms with Crippen LogP contribution in [-0.2, 0) is 28.8 Å². The predicted octanol–water partition coefficient (Wildman–Crippen LogP) is 4.45. The van der Waals surface area contributed by atoms with Crippen LogP contribution in [0.3, 0.4) is 0 Å². The number of esters is 2. The van der Waals surface area contributed by atoms with Gasteiger partial charge in [-0.25, -0.2) is 0 Å². The number of aliphatic carboxylic acids is 2. The first-order valence-corrected chi connectivity index (χ1v) is 18.4. The molecule has 246 valence electrons. The number of rotatable bonds is 12. The minimum Gasteiger partial charge on any atom is -0.480 e. The Morgan fingerprint density at radius 3 is 1.41 bits per heavy atom. The Bertz CT molecular complexity index is 1380. The summed E-state index contributed by atoms with van der Waals surface area (Å²) in [6, 6.07) is 12.0. The molecule has 0 aromatic heterocycles. The van der Waals surface area contributed by atoms with Gasteiger partial charge in [-0.15, -0.1) is 23.5 Å². The third kappa shape index (κ3) is 9.29. The van der Waals surface area contributed by atoms with E-state index in [-0.39, 0.29) is 47.7 Å². The van der Waals surface area contributed by atoms with Crippen molar-refractivity contribution in [2.24, 2.45) is 0 Å². The zero-order valence-electron chi connectivity index (χ0n) is 24.9. The first-order chi connectivity index (χ1) is 22.0. The van der Waals surface area contributed by atoms with Gasteiger partial charge < -0.3 is 19.7 Å². The fraction of sp³-hybridized carbons (Fsp3) is 0.400. The molecule has 0 spiro atoms. The summed E-state index contributed by atoms with van der Waals surface area (Å²) in [5.41, 5.74) is 1.26. The molecule has 2 aromatic carbocycles. The van der Waals surface area contributed by atoms with E-state index in [1.807, 2.05) is 0 Å².